The lowest BCUT2D eigenvalue weighted by Crippen LogP contribution is -2.36. The highest BCUT2D eigenvalue weighted by Gasteiger charge is 2.39. The number of pyridine rings is 1. The fourth-order valence-corrected chi connectivity index (χ4v) is 5.05. The molecule has 35 heavy (non-hydrogen) atoms. The Kier molecular flexibility index (Phi) is 7.24. The van der Waals surface area contributed by atoms with Crippen LogP contribution in [0.15, 0.2) is 79.0 Å². The van der Waals surface area contributed by atoms with Crippen LogP contribution >= 0.6 is 0 Å². The van der Waals surface area contributed by atoms with Crippen molar-refractivity contribution in [2.24, 2.45) is 0 Å². The van der Waals surface area contributed by atoms with Crippen molar-refractivity contribution < 1.29 is 14.0 Å². The molecule has 0 fully saturated rings. The first-order valence-electron chi connectivity index (χ1n) is 11.9. The van der Waals surface area contributed by atoms with Crippen molar-refractivity contribution in [3.8, 4) is 0 Å². The van der Waals surface area contributed by atoms with Crippen molar-refractivity contribution >= 4 is 21.4 Å². The van der Waals surface area contributed by atoms with E-state index in [1.165, 1.54) is 0 Å². The fourth-order valence-electron chi connectivity index (χ4n) is 4.23. The molecular weight excluding hydrogens is 452 g/mol. The van der Waals surface area contributed by atoms with Crippen LogP contribution in [0.2, 0.25) is 5.04 Å². The number of nitrogens with zero attached hydrogens (tertiary/aromatic N) is 2. The molecule has 0 aliphatic rings. The van der Waals surface area contributed by atoms with Crippen molar-refractivity contribution in [1.82, 2.24) is 9.38 Å². The minimum absolute atomic E-state index is 0.0143. The van der Waals surface area contributed by atoms with E-state index in [4.69, 9.17) is 14.1 Å². The second kappa shape index (κ2) is 10.2. The molecule has 2 radical (unpaired) electrons. The van der Waals surface area contributed by atoms with Gasteiger partial charge >= 0.3 is 5.97 Å². The maximum absolute atomic E-state index is 12.4. The van der Waals surface area contributed by atoms with Crippen molar-refractivity contribution in [3.63, 3.8) is 0 Å². The van der Waals surface area contributed by atoms with Gasteiger partial charge in [-0.2, -0.15) is 0 Å². The van der Waals surface area contributed by atoms with Gasteiger partial charge in [0.05, 0.1) is 24.4 Å². The summed E-state index contributed by atoms with van der Waals surface area (Å²) in [5, 5.41) is -0.0143. The number of carbonyl (C=O) groups is 1. The Balaban J connectivity index is 1.96. The second-order valence-corrected chi connectivity index (χ2v) is 11.5. The predicted octanol–water partition coefficient (Wildman–Crippen LogP) is 5.89. The SMILES string of the molecule is CCOC(=O)Cc1c(C)nc2ccc(C(O[Si]C(C)(C)C)(c3ccccc3)c3ccccc3)cn12. The van der Waals surface area contributed by atoms with Gasteiger partial charge in [0.25, 0.3) is 0 Å². The Labute approximate surface area is 210 Å². The van der Waals surface area contributed by atoms with Gasteiger partial charge in [-0.3, -0.25) is 4.79 Å². The summed E-state index contributed by atoms with van der Waals surface area (Å²) in [7, 11) is 0.246. The highest BCUT2D eigenvalue weighted by Crippen LogP contribution is 2.42. The summed E-state index contributed by atoms with van der Waals surface area (Å²) in [5.74, 6) is -0.259. The van der Waals surface area contributed by atoms with Crippen LogP contribution in [0.4, 0.5) is 0 Å². The summed E-state index contributed by atoms with van der Waals surface area (Å²) in [6.45, 7) is 10.7. The first-order chi connectivity index (χ1) is 16.7. The Morgan fingerprint density at radius 3 is 2.06 bits per heavy atom. The van der Waals surface area contributed by atoms with E-state index in [-0.39, 0.29) is 27.2 Å². The average molecular weight is 485 g/mol. The Bertz CT molecular complexity index is 1250. The molecule has 5 nitrogen and oxygen atoms in total. The summed E-state index contributed by atoms with van der Waals surface area (Å²) in [6.07, 6.45) is 2.23. The third kappa shape index (κ3) is 5.23. The molecule has 4 aromatic rings. The van der Waals surface area contributed by atoms with E-state index in [1.807, 2.05) is 60.7 Å². The van der Waals surface area contributed by atoms with Gasteiger partial charge in [-0.25, -0.2) is 4.98 Å². The summed E-state index contributed by atoms with van der Waals surface area (Å²) in [5.41, 5.74) is 4.67. The van der Waals surface area contributed by atoms with Gasteiger partial charge in [-0.15, -0.1) is 0 Å². The van der Waals surface area contributed by atoms with Gasteiger partial charge in [0.1, 0.15) is 11.2 Å². The zero-order valence-electron chi connectivity index (χ0n) is 21.0. The zero-order valence-corrected chi connectivity index (χ0v) is 22.0. The first kappa shape index (κ1) is 24.9. The van der Waals surface area contributed by atoms with Crippen molar-refractivity contribution in [2.75, 3.05) is 6.61 Å². The van der Waals surface area contributed by atoms with E-state index in [2.05, 4.69) is 57.3 Å². The first-order valence-corrected chi connectivity index (χ1v) is 12.9. The largest absolute Gasteiger partial charge is 0.466 e. The van der Waals surface area contributed by atoms with Gasteiger partial charge in [0, 0.05) is 11.8 Å². The molecular formula is C29H32N2O3Si. The van der Waals surface area contributed by atoms with Crippen LogP contribution in [-0.4, -0.2) is 31.7 Å². The number of ether oxygens (including phenoxy) is 1. The molecule has 0 unspecified atom stereocenters. The van der Waals surface area contributed by atoms with Crippen LogP contribution in [0, 0.1) is 6.92 Å². The molecule has 0 aliphatic heterocycles. The number of hydrogen-bond donors (Lipinski definition) is 0. The second-order valence-electron chi connectivity index (χ2n) is 9.64. The predicted molar refractivity (Wildman–Crippen MR) is 140 cm³/mol. The number of aromatic nitrogens is 2. The minimum Gasteiger partial charge on any atom is -0.466 e. The molecule has 6 heteroatoms. The van der Waals surface area contributed by atoms with E-state index >= 15 is 0 Å². The number of imidazole rings is 1. The van der Waals surface area contributed by atoms with Gasteiger partial charge in [-0.1, -0.05) is 87.5 Å². The van der Waals surface area contributed by atoms with Gasteiger partial charge < -0.3 is 13.6 Å². The molecule has 2 heterocycles. The van der Waals surface area contributed by atoms with E-state index in [0.29, 0.717) is 6.61 Å². The average Bonchev–Trinajstić information content (AvgIpc) is 3.15. The molecule has 2 aromatic heterocycles. The third-order valence-corrected chi connectivity index (χ3v) is 6.83. The van der Waals surface area contributed by atoms with E-state index in [9.17, 15) is 4.79 Å². The van der Waals surface area contributed by atoms with Crippen LogP contribution in [-0.2, 0) is 26.0 Å². The van der Waals surface area contributed by atoms with Crippen LogP contribution in [0.3, 0.4) is 0 Å². The van der Waals surface area contributed by atoms with Gasteiger partial charge in [0.15, 0.2) is 0 Å². The number of aryl methyl sites for hydroxylation is 1. The number of hydrogen-bond acceptors (Lipinski definition) is 4. The lowest BCUT2D eigenvalue weighted by Gasteiger charge is -2.38. The number of esters is 1. The maximum Gasteiger partial charge on any atom is 0.311 e. The van der Waals surface area contributed by atoms with Crippen LogP contribution < -0.4 is 0 Å². The van der Waals surface area contributed by atoms with Crippen molar-refractivity contribution in [2.45, 2.75) is 51.7 Å². The molecule has 0 spiro atoms. The molecule has 180 valence electrons. The third-order valence-electron chi connectivity index (χ3n) is 5.81. The van der Waals surface area contributed by atoms with Crippen molar-refractivity contribution in [1.29, 1.82) is 0 Å². The van der Waals surface area contributed by atoms with Gasteiger partial charge in [-0.05, 0) is 36.1 Å². The lowest BCUT2D eigenvalue weighted by atomic mass is 9.81. The quantitative estimate of drug-likeness (QED) is 0.231. The molecule has 0 N–H and O–H groups in total. The number of benzene rings is 2. The summed E-state index contributed by atoms with van der Waals surface area (Å²) < 4.78 is 14.2. The molecule has 0 aliphatic carbocycles. The number of fused-ring (bicyclic) bond motifs is 1. The number of rotatable bonds is 8. The molecule has 0 amide bonds. The Hall–Kier alpha value is -3.22. The number of carbonyl (C=O) groups excluding carboxylic acids is 1. The smallest absolute Gasteiger partial charge is 0.311 e. The Morgan fingerprint density at radius 2 is 1.51 bits per heavy atom. The zero-order chi connectivity index (χ0) is 25.1. The molecule has 0 saturated heterocycles. The summed E-state index contributed by atoms with van der Waals surface area (Å²) in [4.78, 5) is 17.1. The standard InChI is InChI=1S/C29H32N2O3Si/c1-6-33-27(32)19-25-21(2)30-26-18-17-24(20-31(25)26)29(34-35-28(3,4)5,22-13-9-7-10-14-22)23-15-11-8-12-16-23/h7-18,20H,6,19H2,1-5H3. The normalized spacial score (nSPS) is 12.1. The topological polar surface area (TPSA) is 52.8 Å². The van der Waals surface area contributed by atoms with E-state index < -0.39 is 5.60 Å². The Morgan fingerprint density at radius 1 is 0.914 bits per heavy atom. The lowest BCUT2D eigenvalue weighted by molar-refractivity contribution is -0.142. The summed E-state index contributed by atoms with van der Waals surface area (Å²) in [6, 6.07) is 24.8. The summed E-state index contributed by atoms with van der Waals surface area (Å²) >= 11 is 0. The van der Waals surface area contributed by atoms with Crippen LogP contribution in [0.25, 0.3) is 5.65 Å². The molecule has 0 atom stereocenters. The molecule has 0 bridgehead atoms. The van der Waals surface area contributed by atoms with Gasteiger partial charge in [0.2, 0.25) is 9.76 Å². The van der Waals surface area contributed by atoms with Crippen molar-refractivity contribution in [3.05, 3.63) is 107 Å². The maximum atomic E-state index is 12.4. The highest BCUT2D eigenvalue weighted by molar-refractivity contribution is 6.32. The highest BCUT2D eigenvalue weighted by atomic mass is 28.2. The van der Waals surface area contributed by atoms with Crippen LogP contribution in [0.5, 0.6) is 0 Å². The van der Waals surface area contributed by atoms with E-state index in [0.717, 1.165) is 33.7 Å². The monoisotopic (exact) mass is 484 g/mol. The minimum atomic E-state index is -0.832. The fraction of sp³-hybridized carbons (Fsp3) is 0.310. The molecule has 2 aromatic carbocycles. The van der Waals surface area contributed by atoms with Crippen LogP contribution in [0.1, 0.15) is 55.8 Å². The molecule has 4 rings (SSSR count). The van der Waals surface area contributed by atoms with E-state index in [1.54, 1.807) is 0 Å². The molecule has 0 saturated carbocycles.